The van der Waals surface area contributed by atoms with Crippen LogP contribution in [0, 0.1) is 5.82 Å². The molecule has 7 heteroatoms. The summed E-state index contributed by atoms with van der Waals surface area (Å²) in [7, 11) is 0. The Balaban J connectivity index is 1.50. The first kappa shape index (κ1) is 31.9. The van der Waals surface area contributed by atoms with Gasteiger partial charge in [0.2, 0.25) is 11.8 Å². The second-order valence-corrected chi connectivity index (χ2v) is 11.2. The van der Waals surface area contributed by atoms with E-state index in [2.05, 4.69) is 6.92 Å². The smallest absolute Gasteiger partial charge is 0.242 e. The van der Waals surface area contributed by atoms with E-state index in [4.69, 9.17) is 9.15 Å². The summed E-state index contributed by atoms with van der Waals surface area (Å²) in [5, 5.41) is 0. The average Bonchev–Trinajstić information content (AvgIpc) is 3.67. The summed E-state index contributed by atoms with van der Waals surface area (Å²) in [5.41, 5.74) is 0.819. The molecule has 2 aromatic rings. The maximum Gasteiger partial charge on any atom is 0.242 e. The largest absolute Gasteiger partial charge is 0.467 e. The first-order valence-electron chi connectivity index (χ1n) is 15.5. The van der Waals surface area contributed by atoms with Crippen LogP contribution < -0.4 is 0 Å². The van der Waals surface area contributed by atoms with Crippen molar-refractivity contribution in [3.05, 3.63) is 59.8 Å². The molecule has 6 nitrogen and oxygen atoms in total. The van der Waals surface area contributed by atoms with Crippen LogP contribution in [-0.2, 0) is 27.4 Å². The molecule has 0 N–H and O–H groups in total. The first-order chi connectivity index (χ1) is 19.5. The van der Waals surface area contributed by atoms with Gasteiger partial charge in [0.15, 0.2) is 0 Å². The van der Waals surface area contributed by atoms with Crippen LogP contribution in [0.5, 0.6) is 0 Å². The van der Waals surface area contributed by atoms with Crippen molar-refractivity contribution in [1.82, 2.24) is 9.80 Å². The Morgan fingerprint density at radius 2 is 1.52 bits per heavy atom. The lowest BCUT2D eigenvalue weighted by atomic mass is 10.0. The van der Waals surface area contributed by atoms with Crippen LogP contribution in [0.1, 0.15) is 108 Å². The zero-order chi connectivity index (χ0) is 28.4. The molecule has 3 rings (SSSR count). The van der Waals surface area contributed by atoms with Gasteiger partial charge in [-0.3, -0.25) is 9.59 Å². The number of rotatable bonds is 20. The molecule has 1 aliphatic heterocycles. The third kappa shape index (κ3) is 12.2. The number of benzene rings is 1. The van der Waals surface area contributed by atoms with Gasteiger partial charge in [0, 0.05) is 26.1 Å². The summed E-state index contributed by atoms with van der Waals surface area (Å²) in [5.74, 6) is 0.197. The van der Waals surface area contributed by atoms with Crippen LogP contribution in [0.15, 0.2) is 47.1 Å². The monoisotopic (exact) mass is 556 g/mol. The van der Waals surface area contributed by atoms with Crippen molar-refractivity contribution < 1.29 is 23.1 Å². The molecule has 1 atom stereocenters. The number of amides is 2. The van der Waals surface area contributed by atoms with Crippen molar-refractivity contribution in [1.29, 1.82) is 0 Å². The summed E-state index contributed by atoms with van der Waals surface area (Å²) in [6, 6.07) is 9.76. The van der Waals surface area contributed by atoms with Gasteiger partial charge in [0.1, 0.15) is 11.6 Å². The number of unbranched alkanes of at least 4 members (excludes halogenated alkanes) is 10. The minimum absolute atomic E-state index is 0.00136. The standard InChI is InChI=1S/C33H49FN2O4/c1-2-3-4-5-6-7-8-9-10-11-12-17-32(37)36(26-31-16-14-23-40-31)27-33(38)35(25-30-15-13-22-39-30)24-28-18-20-29(34)21-19-28/h13,15,18-22,31H,2-12,14,16-17,23-27H2,1H3. The quantitative estimate of drug-likeness (QED) is 0.157. The van der Waals surface area contributed by atoms with Crippen LogP contribution >= 0.6 is 0 Å². The molecule has 1 saturated heterocycles. The van der Waals surface area contributed by atoms with Gasteiger partial charge in [-0.05, 0) is 49.1 Å². The molecule has 1 aromatic carbocycles. The van der Waals surface area contributed by atoms with Crippen molar-refractivity contribution >= 4 is 11.8 Å². The third-order valence-electron chi connectivity index (χ3n) is 7.69. The number of carbonyl (C=O) groups excluding carboxylic acids is 2. The average molecular weight is 557 g/mol. The number of furan rings is 1. The van der Waals surface area contributed by atoms with Crippen LogP contribution in [0.25, 0.3) is 0 Å². The fourth-order valence-electron chi connectivity index (χ4n) is 5.28. The van der Waals surface area contributed by atoms with Crippen molar-refractivity contribution in [2.75, 3.05) is 19.7 Å². The highest BCUT2D eigenvalue weighted by molar-refractivity contribution is 5.85. The number of halogens is 1. The number of carbonyl (C=O) groups is 2. The fraction of sp³-hybridized carbons (Fsp3) is 0.636. The summed E-state index contributed by atoms with van der Waals surface area (Å²) in [4.78, 5) is 30.2. The van der Waals surface area contributed by atoms with E-state index in [1.165, 1.54) is 63.5 Å². The van der Waals surface area contributed by atoms with E-state index in [-0.39, 0.29) is 36.8 Å². The summed E-state index contributed by atoms with van der Waals surface area (Å²) >= 11 is 0. The zero-order valence-electron chi connectivity index (χ0n) is 24.5. The van der Waals surface area contributed by atoms with Crippen LogP contribution in [0.3, 0.4) is 0 Å². The van der Waals surface area contributed by atoms with Crippen LogP contribution in [0.4, 0.5) is 4.39 Å². The van der Waals surface area contributed by atoms with Gasteiger partial charge in [-0.1, -0.05) is 83.3 Å². The van der Waals surface area contributed by atoms with Gasteiger partial charge in [0.05, 0.1) is 25.5 Å². The molecule has 2 amide bonds. The molecule has 0 radical (unpaired) electrons. The van der Waals surface area contributed by atoms with E-state index in [1.807, 2.05) is 6.07 Å². The molecule has 222 valence electrons. The predicted octanol–water partition coefficient (Wildman–Crippen LogP) is 7.66. The number of ether oxygens (including phenoxy) is 1. The topological polar surface area (TPSA) is 63.0 Å². The van der Waals surface area contributed by atoms with Crippen LogP contribution in [0.2, 0.25) is 0 Å². The van der Waals surface area contributed by atoms with Crippen molar-refractivity contribution in [2.45, 2.75) is 116 Å². The molecular weight excluding hydrogens is 507 g/mol. The minimum Gasteiger partial charge on any atom is -0.467 e. The van der Waals surface area contributed by atoms with Gasteiger partial charge >= 0.3 is 0 Å². The van der Waals surface area contributed by atoms with Crippen molar-refractivity contribution in [3.8, 4) is 0 Å². The maximum atomic E-state index is 13.6. The van der Waals surface area contributed by atoms with E-state index in [0.717, 1.165) is 37.7 Å². The predicted molar refractivity (Wildman–Crippen MR) is 156 cm³/mol. The Morgan fingerprint density at radius 1 is 0.850 bits per heavy atom. The summed E-state index contributed by atoms with van der Waals surface area (Å²) in [6.45, 7) is 3.97. The maximum absolute atomic E-state index is 13.6. The third-order valence-corrected chi connectivity index (χ3v) is 7.69. The molecule has 2 heterocycles. The molecule has 0 aliphatic carbocycles. The minimum atomic E-state index is -0.316. The molecule has 1 fully saturated rings. The number of hydrogen-bond donors (Lipinski definition) is 0. The lowest BCUT2D eigenvalue weighted by Crippen LogP contribution is -2.45. The highest BCUT2D eigenvalue weighted by Crippen LogP contribution is 2.18. The van der Waals surface area contributed by atoms with E-state index in [9.17, 15) is 14.0 Å². The number of hydrogen-bond acceptors (Lipinski definition) is 4. The van der Waals surface area contributed by atoms with E-state index in [0.29, 0.717) is 31.9 Å². The first-order valence-corrected chi connectivity index (χ1v) is 15.5. The summed E-state index contributed by atoms with van der Waals surface area (Å²) < 4.78 is 24.8. The molecular formula is C33H49FN2O4. The van der Waals surface area contributed by atoms with Crippen LogP contribution in [-0.4, -0.2) is 47.4 Å². The Bertz CT molecular complexity index is 957. The molecule has 1 aliphatic rings. The Morgan fingerprint density at radius 3 is 2.12 bits per heavy atom. The van der Waals surface area contributed by atoms with E-state index >= 15 is 0 Å². The zero-order valence-corrected chi connectivity index (χ0v) is 24.5. The second kappa shape index (κ2) is 18.6. The molecule has 40 heavy (non-hydrogen) atoms. The van der Waals surface area contributed by atoms with E-state index in [1.54, 1.807) is 34.3 Å². The fourth-order valence-corrected chi connectivity index (χ4v) is 5.28. The molecule has 0 saturated carbocycles. The van der Waals surface area contributed by atoms with Gasteiger partial charge < -0.3 is 19.0 Å². The van der Waals surface area contributed by atoms with Crippen molar-refractivity contribution in [2.24, 2.45) is 0 Å². The highest BCUT2D eigenvalue weighted by Gasteiger charge is 2.26. The molecule has 1 unspecified atom stereocenters. The second-order valence-electron chi connectivity index (χ2n) is 11.2. The molecule has 0 spiro atoms. The lowest BCUT2D eigenvalue weighted by molar-refractivity contribution is -0.142. The SMILES string of the molecule is CCCCCCCCCCCCCC(=O)N(CC(=O)N(Cc1ccc(F)cc1)Cc1ccco1)CC1CCCO1. The van der Waals surface area contributed by atoms with Gasteiger partial charge in [-0.15, -0.1) is 0 Å². The Kier molecular flexibility index (Phi) is 14.8. The van der Waals surface area contributed by atoms with E-state index < -0.39 is 0 Å². The highest BCUT2D eigenvalue weighted by atomic mass is 19.1. The summed E-state index contributed by atoms with van der Waals surface area (Å²) in [6.07, 6.45) is 17.4. The molecule has 0 bridgehead atoms. The Hall–Kier alpha value is -2.67. The molecule has 1 aromatic heterocycles. The van der Waals surface area contributed by atoms with Gasteiger partial charge in [-0.2, -0.15) is 0 Å². The number of nitrogens with zero attached hydrogens (tertiary/aromatic N) is 2. The van der Waals surface area contributed by atoms with Gasteiger partial charge in [0.25, 0.3) is 0 Å². The Labute approximate surface area is 240 Å². The van der Waals surface area contributed by atoms with Crippen molar-refractivity contribution in [3.63, 3.8) is 0 Å². The van der Waals surface area contributed by atoms with Gasteiger partial charge in [-0.25, -0.2) is 4.39 Å². The normalized spacial score (nSPS) is 14.9. The lowest BCUT2D eigenvalue weighted by Gasteiger charge is -2.29.